The molecule has 0 aliphatic heterocycles. The van der Waals surface area contributed by atoms with Gasteiger partial charge < -0.3 is 10.4 Å². The number of benzene rings is 1. The molecule has 1 aliphatic carbocycles. The zero-order chi connectivity index (χ0) is 14.2. The summed E-state index contributed by atoms with van der Waals surface area (Å²) in [6.07, 6.45) is 6.99. The summed E-state index contributed by atoms with van der Waals surface area (Å²) in [7, 11) is 0. The lowest BCUT2D eigenvalue weighted by Crippen LogP contribution is -2.17. The molecule has 1 unspecified atom stereocenters. The third-order valence-electron chi connectivity index (χ3n) is 4.10. The lowest BCUT2D eigenvalue weighted by atomic mass is 9.89. The monoisotopic (exact) mass is 296 g/mol. The van der Waals surface area contributed by atoms with Gasteiger partial charge in [0.2, 0.25) is 0 Å². The summed E-state index contributed by atoms with van der Waals surface area (Å²) in [5, 5.41) is 13.6. The molecule has 4 heteroatoms. The van der Waals surface area contributed by atoms with Crippen LogP contribution in [0.25, 0.3) is 0 Å². The normalized spacial score (nSPS) is 17.9. The van der Waals surface area contributed by atoms with Crippen molar-refractivity contribution in [1.82, 2.24) is 4.84 Å². The maximum atomic E-state index is 10.1. The summed E-state index contributed by atoms with van der Waals surface area (Å²) in [4.78, 5) is 2.55. The van der Waals surface area contributed by atoms with Crippen molar-refractivity contribution in [2.24, 2.45) is 5.92 Å². The highest BCUT2D eigenvalue weighted by molar-refractivity contribution is 6.13. The predicted molar refractivity (Wildman–Crippen MR) is 84.9 cm³/mol. The van der Waals surface area contributed by atoms with Gasteiger partial charge in [-0.25, -0.2) is 4.84 Å². The number of anilines is 1. The number of aliphatic hydroxyl groups excluding tert-OH is 1. The SMILES string of the molecule is OC(CCNCl)c1cccc(NCC2CCCCC2)c1. The molecule has 1 aromatic rings. The second-order valence-electron chi connectivity index (χ2n) is 5.70. The minimum atomic E-state index is -0.460. The van der Waals surface area contributed by atoms with Crippen molar-refractivity contribution in [3.8, 4) is 0 Å². The third kappa shape index (κ3) is 4.97. The Balaban J connectivity index is 1.85. The fourth-order valence-electron chi connectivity index (χ4n) is 2.87. The number of halogens is 1. The fourth-order valence-corrected chi connectivity index (χ4v) is 2.98. The molecule has 3 N–H and O–H groups in total. The van der Waals surface area contributed by atoms with Gasteiger partial charge in [-0.2, -0.15) is 0 Å². The summed E-state index contributed by atoms with van der Waals surface area (Å²) in [6, 6.07) is 8.07. The van der Waals surface area contributed by atoms with Crippen LogP contribution in [0, 0.1) is 5.92 Å². The topological polar surface area (TPSA) is 44.3 Å². The van der Waals surface area contributed by atoms with Crippen molar-refractivity contribution in [2.45, 2.75) is 44.6 Å². The van der Waals surface area contributed by atoms with E-state index in [1.807, 2.05) is 18.2 Å². The quantitative estimate of drug-likeness (QED) is 0.670. The Labute approximate surface area is 126 Å². The second-order valence-corrected chi connectivity index (χ2v) is 5.97. The average molecular weight is 297 g/mol. The number of aliphatic hydroxyl groups is 1. The van der Waals surface area contributed by atoms with E-state index >= 15 is 0 Å². The Kier molecular flexibility index (Phi) is 6.64. The number of hydrogen-bond acceptors (Lipinski definition) is 3. The Bertz CT molecular complexity index is 394. The Morgan fingerprint density at radius 3 is 2.80 bits per heavy atom. The van der Waals surface area contributed by atoms with Crippen LogP contribution in [0.15, 0.2) is 24.3 Å². The summed E-state index contributed by atoms with van der Waals surface area (Å²) in [5.74, 6) is 0.803. The molecule has 1 atom stereocenters. The molecule has 1 fully saturated rings. The molecule has 0 amide bonds. The molecular formula is C16H25ClN2O. The first kappa shape index (κ1) is 15.6. The molecule has 0 spiro atoms. The summed E-state index contributed by atoms with van der Waals surface area (Å²) in [5.41, 5.74) is 2.05. The van der Waals surface area contributed by atoms with Crippen LogP contribution in [-0.2, 0) is 0 Å². The molecule has 0 heterocycles. The van der Waals surface area contributed by atoms with Crippen LogP contribution < -0.4 is 10.2 Å². The summed E-state index contributed by atoms with van der Waals surface area (Å²) < 4.78 is 0. The first-order valence-corrected chi connectivity index (χ1v) is 8.03. The largest absolute Gasteiger partial charge is 0.388 e. The van der Waals surface area contributed by atoms with Gasteiger partial charge in [-0.05, 0) is 54.7 Å². The molecule has 0 saturated heterocycles. The molecule has 0 bridgehead atoms. The molecule has 0 radical (unpaired) electrons. The maximum absolute atomic E-state index is 10.1. The molecule has 3 nitrogen and oxygen atoms in total. The predicted octanol–water partition coefficient (Wildman–Crippen LogP) is 3.85. The van der Waals surface area contributed by atoms with Crippen molar-refractivity contribution in [3.63, 3.8) is 0 Å². The molecule has 1 saturated carbocycles. The van der Waals surface area contributed by atoms with Gasteiger partial charge in [0.1, 0.15) is 0 Å². The molecule has 1 aromatic carbocycles. The summed E-state index contributed by atoms with van der Waals surface area (Å²) >= 11 is 5.43. The standard InChI is InChI=1S/C16H25ClN2O/c17-19-10-9-16(20)14-7-4-8-15(11-14)18-12-13-5-2-1-3-6-13/h4,7-8,11,13,16,18-20H,1-3,5-6,9-10,12H2. The first-order valence-electron chi connectivity index (χ1n) is 7.65. The van der Waals surface area contributed by atoms with Crippen LogP contribution in [-0.4, -0.2) is 18.2 Å². The van der Waals surface area contributed by atoms with Crippen LogP contribution in [0.1, 0.15) is 50.2 Å². The molecule has 1 aliphatic rings. The van der Waals surface area contributed by atoms with Crippen molar-refractivity contribution in [2.75, 3.05) is 18.4 Å². The van der Waals surface area contributed by atoms with Gasteiger partial charge in [0.05, 0.1) is 6.10 Å². The van der Waals surface area contributed by atoms with E-state index < -0.39 is 6.10 Å². The highest BCUT2D eigenvalue weighted by atomic mass is 35.5. The highest BCUT2D eigenvalue weighted by Gasteiger charge is 2.13. The Morgan fingerprint density at radius 1 is 1.25 bits per heavy atom. The molecule has 112 valence electrons. The summed E-state index contributed by atoms with van der Waals surface area (Å²) in [6.45, 7) is 1.64. The van der Waals surface area contributed by atoms with Crippen molar-refractivity contribution >= 4 is 17.5 Å². The van der Waals surface area contributed by atoms with Gasteiger partial charge in [-0.1, -0.05) is 31.4 Å². The van der Waals surface area contributed by atoms with E-state index in [9.17, 15) is 5.11 Å². The number of rotatable bonds is 7. The van der Waals surface area contributed by atoms with Crippen molar-refractivity contribution < 1.29 is 5.11 Å². The molecular weight excluding hydrogens is 272 g/mol. The van der Waals surface area contributed by atoms with Crippen LogP contribution in [0.5, 0.6) is 0 Å². The zero-order valence-electron chi connectivity index (χ0n) is 11.9. The smallest absolute Gasteiger partial charge is 0.0803 e. The van der Waals surface area contributed by atoms with E-state index in [0.717, 1.165) is 23.7 Å². The van der Waals surface area contributed by atoms with E-state index in [1.54, 1.807) is 0 Å². The van der Waals surface area contributed by atoms with E-state index in [0.29, 0.717) is 13.0 Å². The van der Waals surface area contributed by atoms with Crippen LogP contribution in [0.3, 0.4) is 0 Å². The van der Waals surface area contributed by atoms with Crippen LogP contribution in [0.4, 0.5) is 5.69 Å². The second kappa shape index (κ2) is 8.50. The Hall–Kier alpha value is -0.770. The van der Waals surface area contributed by atoms with E-state index in [2.05, 4.69) is 16.2 Å². The lowest BCUT2D eigenvalue weighted by molar-refractivity contribution is 0.169. The zero-order valence-corrected chi connectivity index (χ0v) is 12.7. The van der Waals surface area contributed by atoms with Crippen LogP contribution in [0.2, 0.25) is 0 Å². The number of nitrogens with one attached hydrogen (secondary N) is 2. The van der Waals surface area contributed by atoms with Gasteiger partial charge >= 0.3 is 0 Å². The highest BCUT2D eigenvalue weighted by Crippen LogP contribution is 2.25. The fraction of sp³-hybridized carbons (Fsp3) is 0.625. The first-order chi connectivity index (χ1) is 9.79. The number of hydrogen-bond donors (Lipinski definition) is 3. The van der Waals surface area contributed by atoms with Gasteiger partial charge in [-0.3, -0.25) is 0 Å². The van der Waals surface area contributed by atoms with E-state index in [4.69, 9.17) is 11.8 Å². The van der Waals surface area contributed by atoms with Gasteiger partial charge in [-0.15, -0.1) is 0 Å². The average Bonchev–Trinajstić information content (AvgIpc) is 2.52. The van der Waals surface area contributed by atoms with Crippen LogP contribution >= 0.6 is 11.8 Å². The van der Waals surface area contributed by atoms with E-state index in [1.165, 1.54) is 32.1 Å². The van der Waals surface area contributed by atoms with Crippen molar-refractivity contribution in [3.05, 3.63) is 29.8 Å². The molecule has 20 heavy (non-hydrogen) atoms. The van der Waals surface area contributed by atoms with Crippen molar-refractivity contribution in [1.29, 1.82) is 0 Å². The molecule has 0 aromatic heterocycles. The molecule has 2 rings (SSSR count). The maximum Gasteiger partial charge on any atom is 0.0803 e. The van der Waals surface area contributed by atoms with Gasteiger partial charge in [0.25, 0.3) is 0 Å². The minimum Gasteiger partial charge on any atom is -0.388 e. The van der Waals surface area contributed by atoms with E-state index in [-0.39, 0.29) is 0 Å². The van der Waals surface area contributed by atoms with Gasteiger partial charge in [0, 0.05) is 18.8 Å². The minimum absolute atomic E-state index is 0.460. The Morgan fingerprint density at radius 2 is 2.05 bits per heavy atom. The van der Waals surface area contributed by atoms with Gasteiger partial charge in [0.15, 0.2) is 0 Å². The lowest BCUT2D eigenvalue weighted by Gasteiger charge is -2.22. The third-order valence-corrected chi connectivity index (χ3v) is 4.29.